The topological polar surface area (TPSA) is 67.9 Å². The van der Waals surface area contributed by atoms with Gasteiger partial charge in [-0.1, -0.05) is 43.1 Å². The second-order valence-corrected chi connectivity index (χ2v) is 9.47. The summed E-state index contributed by atoms with van der Waals surface area (Å²) < 4.78 is 10.9. The van der Waals surface area contributed by atoms with Gasteiger partial charge in [0, 0.05) is 42.2 Å². The zero-order valence-corrected chi connectivity index (χ0v) is 20.9. The lowest BCUT2D eigenvalue weighted by Gasteiger charge is -2.21. The molecule has 0 bridgehead atoms. The number of likely N-dealkylation sites (tertiary alicyclic amines) is 1. The molecule has 2 aromatic rings. The zero-order chi connectivity index (χ0) is 24.1. The summed E-state index contributed by atoms with van der Waals surface area (Å²) in [5.74, 6) is 0.805. The largest absolute Gasteiger partial charge is 0.497 e. The van der Waals surface area contributed by atoms with Gasteiger partial charge in [-0.05, 0) is 36.6 Å². The van der Waals surface area contributed by atoms with Gasteiger partial charge in [0.1, 0.15) is 11.5 Å². The van der Waals surface area contributed by atoms with E-state index in [-0.39, 0.29) is 29.3 Å². The molecule has 2 aromatic carbocycles. The van der Waals surface area contributed by atoms with Crippen LogP contribution in [0.15, 0.2) is 36.4 Å². The fourth-order valence-electron chi connectivity index (χ4n) is 4.12. The molecular weight excluding hydrogens is 463 g/mol. The van der Waals surface area contributed by atoms with Crippen molar-refractivity contribution in [3.8, 4) is 11.5 Å². The lowest BCUT2D eigenvalue weighted by atomic mass is 9.87. The molecule has 0 saturated carbocycles. The number of hydrogen-bond acceptors (Lipinski definition) is 4. The van der Waals surface area contributed by atoms with Crippen LogP contribution in [-0.4, -0.2) is 50.6 Å². The van der Waals surface area contributed by atoms with Crippen molar-refractivity contribution in [3.63, 3.8) is 0 Å². The molecule has 178 valence electrons. The average molecular weight is 493 g/mol. The minimum absolute atomic E-state index is 0.0731. The van der Waals surface area contributed by atoms with Gasteiger partial charge < -0.3 is 19.7 Å². The van der Waals surface area contributed by atoms with Crippen molar-refractivity contribution >= 4 is 35.0 Å². The SMILES string of the molecule is COc1ccc([C@@H]2CN(C(=O)c3ccc(Cl)cc3Cl)C[C@H]2C(=O)NCCC(C)C)c(OC)c1. The van der Waals surface area contributed by atoms with E-state index in [9.17, 15) is 9.59 Å². The van der Waals surface area contributed by atoms with Crippen molar-refractivity contribution in [2.75, 3.05) is 33.9 Å². The molecular formula is C25H30Cl2N2O4. The highest BCUT2D eigenvalue weighted by molar-refractivity contribution is 6.36. The molecule has 0 unspecified atom stereocenters. The van der Waals surface area contributed by atoms with E-state index < -0.39 is 5.92 Å². The summed E-state index contributed by atoms with van der Waals surface area (Å²) in [5.41, 5.74) is 1.22. The molecule has 1 aliphatic heterocycles. The van der Waals surface area contributed by atoms with E-state index in [1.165, 1.54) is 0 Å². The summed E-state index contributed by atoms with van der Waals surface area (Å²) in [5, 5.41) is 3.80. The molecule has 0 radical (unpaired) electrons. The number of nitrogens with zero attached hydrogens (tertiary/aromatic N) is 1. The third-order valence-electron chi connectivity index (χ3n) is 5.97. The van der Waals surface area contributed by atoms with Crippen LogP contribution in [-0.2, 0) is 4.79 Å². The Morgan fingerprint density at radius 1 is 1.09 bits per heavy atom. The van der Waals surface area contributed by atoms with Crippen LogP contribution in [0.25, 0.3) is 0 Å². The number of carbonyl (C=O) groups excluding carboxylic acids is 2. The van der Waals surface area contributed by atoms with Gasteiger partial charge >= 0.3 is 0 Å². The van der Waals surface area contributed by atoms with Crippen LogP contribution in [0, 0.1) is 11.8 Å². The lowest BCUT2D eigenvalue weighted by molar-refractivity contribution is -0.124. The summed E-state index contributed by atoms with van der Waals surface area (Å²) in [6.07, 6.45) is 0.887. The minimum atomic E-state index is -0.422. The number of hydrogen-bond donors (Lipinski definition) is 1. The van der Waals surface area contributed by atoms with Crippen LogP contribution in [0.4, 0.5) is 0 Å². The molecule has 1 N–H and O–H groups in total. The average Bonchev–Trinajstić information content (AvgIpc) is 3.23. The van der Waals surface area contributed by atoms with E-state index in [1.54, 1.807) is 43.4 Å². The van der Waals surface area contributed by atoms with E-state index in [1.807, 2.05) is 12.1 Å². The molecule has 2 atom stereocenters. The number of rotatable bonds is 8. The second-order valence-electron chi connectivity index (χ2n) is 8.63. The summed E-state index contributed by atoms with van der Waals surface area (Å²) in [6, 6.07) is 10.3. The number of benzene rings is 2. The van der Waals surface area contributed by atoms with E-state index in [2.05, 4.69) is 19.2 Å². The zero-order valence-electron chi connectivity index (χ0n) is 19.4. The molecule has 1 heterocycles. The van der Waals surface area contributed by atoms with Crippen molar-refractivity contribution < 1.29 is 19.1 Å². The van der Waals surface area contributed by atoms with Crippen LogP contribution < -0.4 is 14.8 Å². The van der Waals surface area contributed by atoms with Gasteiger partial charge in [0.2, 0.25) is 5.91 Å². The smallest absolute Gasteiger partial charge is 0.255 e. The Bertz CT molecular complexity index is 1010. The number of amides is 2. The first-order chi connectivity index (χ1) is 15.7. The van der Waals surface area contributed by atoms with E-state index in [0.717, 1.165) is 12.0 Å². The van der Waals surface area contributed by atoms with Crippen molar-refractivity contribution in [2.24, 2.45) is 11.8 Å². The maximum atomic E-state index is 13.3. The molecule has 6 nitrogen and oxygen atoms in total. The predicted octanol–water partition coefficient (Wildman–Crippen LogP) is 5.03. The highest BCUT2D eigenvalue weighted by Gasteiger charge is 2.42. The molecule has 1 fully saturated rings. The maximum absolute atomic E-state index is 13.3. The van der Waals surface area contributed by atoms with E-state index in [4.69, 9.17) is 32.7 Å². The normalized spacial score (nSPS) is 17.8. The predicted molar refractivity (Wildman–Crippen MR) is 131 cm³/mol. The van der Waals surface area contributed by atoms with Crippen LogP contribution >= 0.6 is 23.2 Å². The van der Waals surface area contributed by atoms with Gasteiger partial charge in [-0.3, -0.25) is 9.59 Å². The maximum Gasteiger partial charge on any atom is 0.255 e. The summed E-state index contributed by atoms with van der Waals surface area (Å²) in [4.78, 5) is 28.2. The van der Waals surface area contributed by atoms with E-state index in [0.29, 0.717) is 41.1 Å². The first kappa shape index (κ1) is 25.2. The molecule has 8 heteroatoms. The van der Waals surface area contributed by atoms with Crippen molar-refractivity contribution in [3.05, 3.63) is 57.6 Å². The Morgan fingerprint density at radius 2 is 1.85 bits per heavy atom. The Morgan fingerprint density at radius 3 is 2.48 bits per heavy atom. The third-order valence-corrected chi connectivity index (χ3v) is 6.51. The highest BCUT2D eigenvalue weighted by Crippen LogP contribution is 2.40. The summed E-state index contributed by atoms with van der Waals surface area (Å²) in [6.45, 7) is 5.47. The van der Waals surface area contributed by atoms with Gasteiger partial charge in [-0.15, -0.1) is 0 Å². The Hall–Kier alpha value is -2.44. The second kappa shape index (κ2) is 11.1. The molecule has 33 heavy (non-hydrogen) atoms. The standard InChI is InChI=1S/C25H30Cl2N2O4/c1-15(2)9-10-28-24(30)21-14-29(25(31)19-7-5-16(26)11-22(19)27)13-20(21)18-8-6-17(32-3)12-23(18)33-4/h5-8,11-12,15,20-21H,9-10,13-14H2,1-4H3,(H,28,30)/t20-,21+/m0/s1. The quantitative estimate of drug-likeness (QED) is 0.560. The van der Waals surface area contributed by atoms with Gasteiger partial charge in [-0.2, -0.15) is 0 Å². The Kier molecular flexibility index (Phi) is 8.49. The van der Waals surface area contributed by atoms with Gasteiger partial charge in [0.15, 0.2) is 0 Å². The summed E-state index contributed by atoms with van der Waals surface area (Å²) in [7, 11) is 3.17. The Labute approximate surface area is 205 Å². The van der Waals surface area contributed by atoms with Gasteiger partial charge in [-0.25, -0.2) is 0 Å². The number of nitrogens with one attached hydrogen (secondary N) is 1. The van der Waals surface area contributed by atoms with Crippen molar-refractivity contribution in [1.82, 2.24) is 10.2 Å². The van der Waals surface area contributed by atoms with Crippen molar-refractivity contribution in [2.45, 2.75) is 26.2 Å². The highest BCUT2D eigenvalue weighted by atomic mass is 35.5. The monoisotopic (exact) mass is 492 g/mol. The van der Waals surface area contributed by atoms with Crippen LogP contribution in [0.2, 0.25) is 10.0 Å². The molecule has 2 amide bonds. The van der Waals surface area contributed by atoms with Crippen LogP contribution in [0.5, 0.6) is 11.5 Å². The Balaban J connectivity index is 1.91. The lowest BCUT2D eigenvalue weighted by Crippen LogP contribution is -2.36. The molecule has 0 spiro atoms. The molecule has 0 aromatic heterocycles. The van der Waals surface area contributed by atoms with Crippen LogP contribution in [0.3, 0.4) is 0 Å². The van der Waals surface area contributed by atoms with E-state index >= 15 is 0 Å². The number of ether oxygens (including phenoxy) is 2. The number of methoxy groups -OCH3 is 2. The fraction of sp³-hybridized carbons (Fsp3) is 0.440. The van der Waals surface area contributed by atoms with Gasteiger partial charge in [0.05, 0.1) is 30.7 Å². The fourth-order valence-corrected chi connectivity index (χ4v) is 4.61. The molecule has 3 rings (SSSR count). The number of halogens is 2. The first-order valence-electron chi connectivity index (χ1n) is 11.0. The third kappa shape index (κ3) is 5.92. The molecule has 1 saturated heterocycles. The van der Waals surface area contributed by atoms with Gasteiger partial charge in [0.25, 0.3) is 5.91 Å². The summed E-state index contributed by atoms with van der Waals surface area (Å²) >= 11 is 12.3. The first-order valence-corrected chi connectivity index (χ1v) is 11.7. The van der Waals surface area contributed by atoms with Crippen LogP contribution in [0.1, 0.15) is 42.1 Å². The molecule has 1 aliphatic rings. The number of carbonyl (C=O) groups is 2. The van der Waals surface area contributed by atoms with Crippen molar-refractivity contribution in [1.29, 1.82) is 0 Å². The molecule has 0 aliphatic carbocycles. The minimum Gasteiger partial charge on any atom is -0.497 e.